The Kier molecular flexibility index (Phi) is 5.05. The molecule has 0 aliphatic rings. The van der Waals surface area contributed by atoms with E-state index in [2.05, 4.69) is 40.1 Å². The van der Waals surface area contributed by atoms with E-state index in [1.54, 1.807) is 6.20 Å². The Morgan fingerprint density at radius 2 is 2.20 bits per heavy atom. The monoisotopic (exact) mass is 271 g/mol. The van der Waals surface area contributed by atoms with E-state index in [0.29, 0.717) is 18.5 Å². The van der Waals surface area contributed by atoms with Gasteiger partial charge in [0.05, 0.1) is 0 Å². The van der Waals surface area contributed by atoms with Crippen molar-refractivity contribution in [2.24, 2.45) is 11.7 Å². The smallest absolute Gasteiger partial charge is 0.126 e. The first-order chi connectivity index (χ1) is 7.11. The Bertz CT molecular complexity index is 284. The highest BCUT2D eigenvalue weighted by Crippen LogP contribution is 2.13. The molecule has 4 heteroatoms. The van der Waals surface area contributed by atoms with Crippen LogP contribution >= 0.6 is 15.9 Å². The minimum Gasteiger partial charge on any atom is -0.366 e. The fourth-order valence-electron chi connectivity index (χ4n) is 1.45. The van der Waals surface area contributed by atoms with Crippen molar-refractivity contribution in [2.75, 3.05) is 11.9 Å². The fraction of sp³-hybridized carbons (Fsp3) is 0.545. The lowest BCUT2D eigenvalue weighted by molar-refractivity contribution is 0.521. The van der Waals surface area contributed by atoms with Crippen LogP contribution in [0.1, 0.15) is 20.3 Å². The molecule has 84 valence electrons. The van der Waals surface area contributed by atoms with Gasteiger partial charge in [-0.05, 0) is 40.4 Å². The van der Waals surface area contributed by atoms with Crippen LogP contribution in [0.5, 0.6) is 0 Å². The Hall–Kier alpha value is -0.610. The molecule has 3 nitrogen and oxygen atoms in total. The van der Waals surface area contributed by atoms with Gasteiger partial charge in [0.1, 0.15) is 5.82 Å². The van der Waals surface area contributed by atoms with Gasteiger partial charge in [-0.2, -0.15) is 0 Å². The van der Waals surface area contributed by atoms with Gasteiger partial charge in [0.2, 0.25) is 0 Å². The lowest BCUT2D eigenvalue weighted by atomic mass is 10.0. The molecule has 0 amide bonds. The van der Waals surface area contributed by atoms with Gasteiger partial charge in [-0.15, -0.1) is 0 Å². The molecule has 1 unspecified atom stereocenters. The van der Waals surface area contributed by atoms with Crippen LogP contribution in [0.3, 0.4) is 0 Å². The van der Waals surface area contributed by atoms with Crippen molar-refractivity contribution in [3.63, 3.8) is 0 Å². The highest BCUT2D eigenvalue weighted by Gasteiger charge is 2.08. The van der Waals surface area contributed by atoms with Crippen molar-refractivity contribution in [1.82, 2.24) is 4.98 Å². The van der Waals surface area contributed by atoms with Crippen LogP contribution in [-0.2, 0) is 0 Å². The third-order valence-corrected chi connectivity index (χ3v) is 2.59. The summed E-state index contributed by atoms with van der Waals surface area (Å²) < 4.78 is 0.987. The van der Waals surface area contributed by atoms with Crippen molar-refractivity contribution in [3.05, 3.63) is 22.8 Å². The lowest BCUT2D eigenvalue weighted by Gasteiger charge is -2.19. The molecular formula is C11H18BrN3. The van der Waals surface area contributed by atoms with Crippen LogP contribution in [0.2, 0.25) is 0 Å². The van der Waals surface area contributed by atoms with Crippen LogP contribution < -0.4 is 11.1 Å². The summed E-state index contributed by atoms with van der Waals surface area (Å²) in [6.45, 7) is 5.02. The van der Waals surface area contributed by atoms with Gasteiger partial charge in [-0.25, -0.2) is 4.98 Å². The van der Waals surface area contributed by atoms with Crippen LogP contribution in [0, 0.1) is 5.92 Å². The van der Waals surface area contributed by atoms with Gasteiger partial charge < -0.3 is 11.1 Å². The van der Waals surface area contributed by atoms with E-state index >= 15 is 0 Å². The van der Waals surface area contributed by atoms with Crippen LogP contribution in [0.15, 0.2) is 22.8 Å². The molecule has 0 aromatic carbocycles. The van der Waals surface area contributed by atoms with Crippen molar-refractivity contribution in [2.45, 2.75) is 26.3 Å². The molecule has 15 heavy (non-hydrogen) atoms. The number of halogens is 1. The van der Waals surface area contributed by atoms with E-state index in [-0.39, 0.29) is 0 Å². The summed E-state index contributed by atoms with van der Waals surface area (Å²) in [5.74, 6) is 1.52. The van der Waals surface area contributed by atoms with Gasteiger partial charge in [0.15, 0.2) is 0 Å². The molecule has 1 heterocycles. The molecule has 0 aliphatic heterocycles. The number of hydrogen-bond acceptors (Lipinski definition) is 3. The maximum absolute atomic E-state index is 5.70. The minimum atomic E-state index is 0.304. The van der Waals surface area contributed by atoms with Crippen LogP contribution in [0.4, 0.5) is 5.82 Å². The largest absolute Gasteiger partial charge is 0.366 e. The first-order valence-electron chi connectivity index (χ1n) is 5.20. The highest BCUT2D eigenvalue weighted by molar-refractivity contribution is 9.10. The topological polar surface area (TPSA) is 50.9 Å². The summed E-state index contributed by atoms with van der Waals surface area (Å²) in [6.07, 6.45) is 2.85. The fourth-order valence-corrected chi connectivity index (χ4v) is 1.69. The molecule has 1 rings (SSSR count). The van der Waals surface area contributed by atoms with Crippen LogP contribution in [0.25, 0.3) is 0 Å². The first-order valence-corrected chi connectivity index (χ1v) is 5.99. The van der Waals surface area contributed by atoms with E-state index < -0.39 is 0 Å². The molecule has 0 fully saturated rings. The van der Waals surface area contributed by atoms with Crippen LogP contribution in [-0.4, -0.2) is 17.6 Å². The molecule has 1 aromatic heterocycles. The summed E-state index contributed by atoms with van der Waals surface area (Å²) in [5, 5.41) is 3.33. The summed E-state index contributed by atoms with van der Waals surface area (Å²) in [5.41, 5.74) is 5.70. The second-order valence-corrected chi connectivity index (χ2v) is 4.98. The second kappa shape index (κ2) is 6.08. The SMILES string of the molecule is CC(C)CC(CN)Nc1ccc(Br)cn1. The molecule has 0 radical (unpaired) electrons. The van der Waals surface area contributed by atoms with E-state index in [1.165, 1.54) is 0 Å². The third-order valence-electron chi connectivity index (χ3n) is 2.12. The molecule has 0 saturated heterocycles. The first kappa shape index (κ1) is 12.5. The van der Waals surface area contributed by atoms with E-state index in [9.17, 15) is 0 Å². The van der Waals surface area contributed by atoms with E-state index in [4.69, 9.17) is 5.73 Å². The van der Waals surface area contributed by atoms with Gasteiger partial charge in [-0.3, -0.25) is 0 Å². The Labute approximate surface area is 99.6 Å². The van der Waals surface area contributed by atoms with Gasteiger partial charge in [0.25, 0.3) is 0 Å². The number of nitrogens with one attached hydrogen (secondary N) is 1. The van der Waals surface area contributed by atoms with Crippen molar-refractivity contribution in [1.29, 1.82) is 0 Å². The number of anilines is 1. The number of nitrogens with two attached hydrogens (primary N) is 1. The molecular weight excluding hydrogens is 254 g/mol. The summed E-state index contributed by atoms with van der Waals surface area (Å²) in [6, 6.07) is 4.23. The predicted molar refractivity (Wildman–Crippen MR) is 67.9 cm³/mol. The highest BCUT2D eigenvalue weighted by atomic mass is 79.9. The maximum atomic E-state index is 5.70. The van der Waals surface area contributed by atoms with Crippen molar-refractivity contribution in [3.8, 4) is 0 Å². The van der Waals surface area contributed by atoms with Gasteiger partial charge in [-0.1, -0.05) is 13.8 Å². The zero-order valence-electron chi connectivity index (χ0n) is 9.20. The number of aromatic nitrogens is 1. The van der Waals surface area contributed by atoms with E-state index in [1.807, 2.05) is 12.1 Å². The normalized spacial score (nSPS) is 12.9. The third kappa shape index (κ3) is 4.62. The lowest BCUT2D eigenvalue weighted by Crippen LogP contribution is -2.30. The zero-order chi connectivity index (χ0) is 11.3. The molecule has 3 N–H and O–H groups in total. The summed E-state index contributed by atoms with van der Waals surface area (Å²) in [4.78, 5) is 4.26. The second-order valence-electron chi connectivity index (χ2n) is 4.07. The number of rotatable bonds is 5. The molecule has 1 aromatic rings. The Balaban J connectivity index is 2.54. The molecule has 0 bridgehead atoms. The molecule has 0 saturated carbocycles. The quantitative estimate of drug-likeness (QED) is 0.866. The summed E-state index contributed by atoms with van der Waals surface area (Å²) in [7, 11) is 0. The Morgan fingerprint density at radius 1 is 1.47 bits per heavy atom. The van der Waals surface area contributed by atoms with E-state index in [0.717, 1.165) is 16.7 Å². The molecule has 1 atom stereocenters. The minimum absolute atomic E-state index is 0.304. The van der Waals surface area contributed by atoms with Crippen molar-refractivity contribution >= 4 is 21.7 Å². The van der Waals surface area contributed by atoms with Gasteiger partial charge in [0, 0.05) is 23.3 Å². The number of pyridine rings is 1. The maximum Gasteiger partial charge on any atom is 0.126 e. The molecule has 0 aliphatic carbocycles. The Morgan fingerprint density at radius 3 is 2.67 bits per heavy atom. The number of nitrogens with zero attached hydrogens (tertiary/aromatic N) is 1. The number of hydrogen-bond donors (Lipinski definition) is 2. The van der Waals surface area contributed by atoms with Gasteiger partial charge >= 0.3 is 0 Å². The molecule has 0 spiro atoms. The van der Waals surface area contributed by atoms with Crippen molar-refractivity contribution < 1.29 is 0 Å². The standard InChI is InChI=1S/C11H18BrN3/c1-8(2)5-10(6-13)15-11-4-3-9(12)7-14-11/h3-4,7-8,10H,5-6,13H2,1-2H3,(H,14,15). The zero-order valence-corrected chi connectivity index (χ0v) is 10.8. The average molecular weight is 272 g/mol. The predicted octanol–water partition coefficient (Wildman–Crippen LogP) is 2.63. The average Bonchev–Trinajstić information content (AvgIpc) is 2.19. The summed E-state index contributed by atoms with van der Waals surface area (Å²) >= 11 is 3.35.